The average Bonchev–Trinajstić information content (AvgIpc) is 3.27. The number of rotatable bonds is 5. The van der Waals surface area contributed by atoms with Gasteiger partial charge in [-0.05, 0) is 49.9 Å². The van der Waals surface area contributed by atoms with Gasteiger partial charge >= 0.3 is 0 Å². The van der Waals surface area contributed by atoms with E-state index in [4.69, 9.17) is 0 Å². The zero-order chi connectivity index (χ0) is 23.7. The lowest BCUT2D eigenvalue weighted by Crippen LogP contribution is -2.64. The van der Waals surface area contributed by atoms with Gasteiger partial charge in [0.15, 0.2) is 0 Å². The van der Waals surface area contributed by atoms with E-state index in [1.807, 2.05) is 66.1 Å². The Balaban J connectivity index is 1.53. The van der Waals surface area contributed by atoms with E-state index in [9.17, 15) is 9.59 Å². The first-order valence-electron chi connectivity index (χ1n) is 12.4. The number of carbonyl (C=O) groups excluding carboxylic acids is 2. The Morgan fingerprint density at radius 2 is 1.62 bits per heavy atom. The van der Waals surface area contributed by atoms with Gasteiger partial charge in [-0.2, -0.15) is 0 Å². The van der Waals surface area contributed by atoms with Gasteiger partial charge in [-0.15, -0.1) is 0 Å². The quantitative estimate of drug-likeness (QED) is 0.566. The molecule has 5 rings (SSSR count). The highest BCUT2D eigenvalue weighted by molar-refractivity contribution is 6.00. The summed E-state index contributed by atoms with van der Waals surface area (Å²) < 4.78 is 2.03. The SMILES string of the molecule is Cc1ccc(CN2C(=O)c3ccc(-c4ccccc4)n3C[C@]2(C)C(=O)NC2CCCCC2)cc1. The van der Waals surface area contributed by atoms with Crippen molar-refractivity contribution < 1.29 is 9.59 Å². The number of amides is 2. The number of nitrogens with zero attached hydrogens (tertiary/aromatic N) is 2. The normalized spacial score (nSPS) is 20.8. The molecule has 2 heterocycles. The van der Waals surface area contributed by atoms with E-state index in [1.165, 1.54) is 12.0 Å². The van der Waals surface area contributed by atoms with E-state index in [2.05, 4.69) is 24.4 Å². The third-order valence-electron chi connectivity index (χ3n) is 7.47. The maximum atomic E-state index is 13.9. The molecule has 5 heteroatoms. The molecular formula is C29H33N3O2. The largest absolute Gasteiger partial charge is 0.351 e. The minimum Gasteiger partial charge on any atom is -0.351 e. The van der Waals surface area contributed by atoms with Crippen LogP contribution in [-0.2, 0) is 17.9 Å². The van der Waals surface area contributed by atoms with Crippen LogP contribution >= 0.6 is 0 Å². The Labute approximate surface area is 201 Å². The predicted octanol–water partition coefficient (Wildman–Crippen LogP) is 5.33. The van der Waals surface area contributed by atoms with Crippen LogP contribution < -0.4 is 5.32 Å². The first kappa shape index (κ1) is 22.5. The molecule has 3 aromatic rings. The first-order chi connectivity index (χ1) is 16.5. The standard InChI is InChI=1S/C29H33N3O2/c1-21-13-15-22(16-14-21)19-32-27(33)26-18-17-25(23-9-5-3-6-10-23)31(26)20-29(32,2)28(34)30-24-11-7-4-8-12-24/h3,5-6,9-10,13-18,24H,4,7-8,11-12,19-20H2,1-2H3,(H,30,34)/t29-/m1/s1. The molecule has 1 aromatic heterocycles. The van der Waals surface area contributed by atoms with Crippen LogP contribution in [0.2, 0.25) is 0 Å². The Morgan fingerprint density at radius 3 is 2.32 bits per heavy atom. The molecule has 5 nitrogen and oxygen atoms in total. The van der Waals surface area contributed by atoms with Crippen molar-refractivity contribution in [3.05, 3.63) is 83.6 Å². The number of nitrogens with one attached hydrogen (secondary N) is 1. The molecule has 1 aliphatic heterocycles. The summed E-state index contributed by atoms with van der Waals surface area (Å²) in [5.41, 5.74) is 3.86. The molecule has 1 aliphatic carbocycles. The van der Waals surface area contributed by atoms with Crippen LogP contribution in [0.25, 0.3) is 11.3 Å². The van der Waals surface area contributed by atoms with E-state index >= 15 is 0 Å². The van der Waals surface area contributed by atoms with E-state index in [0.717, 1.165) is 42.5 Å². The third-order valence-corrected chi connectivity index (χ3v) is 7.47. The fraction of sp³-hybridized carbons (Fsp3) is 0.379. The summed E-state index contributed by atoms with van der Waals surface area (Å²) in [6.45, 7) is 4.81. The van der Waals surface area contributed by atoms with Gasteiger partial charge in [0.25, 0.3) is 5.91 Å². The van der Waals surface area contributed by atoms with Gasteiger partial charge in [-0.25, -0.2) is 0 Å². The number of benzene rings is 2. The van der Waals surface area contributed by atoms with E-state index < -0.39 is 5.54 Å². The predicted molar refractivity (Wildman–Crippen MR) is 134 cm³/mol. The van der Waals surface area contributed by atoms with Crippen LogP contribution in [-0.4, -0.2) is 32.9 Å². The smallest absolute Gasteiger partial charge is 0.271 e. The Kier molecular flexibility index (Phi) is 6.03. The van der Waals surface area contributed by atoms with Gasteiger partial charge in [0.1, 0.15) is 11.2 Å². The van der Waals surface area contributed by atoms with Gasteiger partial charge in [0.2, 0.25) is 5.91 Å². The topological polar surface area (TPSA) is 54.3 Å². The summed E-state index contributed by atoms with van der Waals surface area (Å²) in [5.74, 6) is -0.159. The van der Waals surface area contributed by atoms with E-state index in [0.29, 0.717) is 18.8 Å². The number of hydrogen-bond donors (Lipinski definition) is 1. The highest BCUT2D eigenvalue weighted by Crippen LogP contribution is 2.34. The van der Waals surface area contributed by atoms with Crippen molar-refractivity contribution in [1.29, 1.82) is 0 Å². The number of hydrogen-bond acceptors (Lipinski definition) is 2. The second kappa shape index (κ2) is 9.13. The van der Waals surface area contributed by atoms with Gasteiger partial charge < -0.3 is 14.8 Å². The maximum Gasteiger partial charge on any atom is 0.271 e. The van der Waals surface area contributed by atoms with Gasteiger partial charge in [-0.3, -0.25) is 9.59 Å². The van der Waals surface area contributed by atoms with Crippen LogP contribution in [0.4, 0.5) is 0 Å². The molecule has 1 fully saturated rings. The number of fused-ring (bicyclic) bond motifs is 1. The van der Waals surface area contributed by atoms with Crippen molar-refractivity contribution in [2.24, 2.45) is 0 Å². The summed E-state index contributed by atoms with van der Waals surface area (Å²) in [7, 11) is 0. The van der Waals surface area contributed by atoms with Crippen LogP contribution in [0.1, 0.15) is 60.6 Å². The Morgan fingerprint density at radius 1 is 0.941 bits per heavy atom. The molecule has 2 aliphatic rings. The van der Waals surface area contributed by atoms with E-state index in [-0.39, 0.29) is 17.9 Å². The molecule has 0 saturated heterocycles. The highest BCUT2D eigenvalue weighted by atomic mass is 16.2. The maximum absolute atomic E-state index is 13.9. The highest BCUT2D eigenvalue weighted by Gasteiger charge is 2.48. The Bertz CT molecular complexity index is 1180. The lowest BCUT2D eigenvalue weighted by atomic mass is 9.91. The summed E-state index contributed by atoms with van der Waals surface area (Å²) in [5, 5.41) is 3.31. The van der Waals surface area contributed by atoms with Crippen molar-refractivity contribution in [2.75, 3.05) is 0 Å². The van der Waals surface area contributed by atoms with E-state index in [1.54, 1.807) is 4.90 Å². The molecule has 2 amide bonds. The molecule has 176 valence electrons. The molecule has 0 spiro atoms. The van der Waals surface area contributed by atoms with Crippen LogP contribution in [0.5, 0.6) is 0 Å². The van der Waals surface area contributed by atoms with Crippen LogP contribution in [0.15, 0.2) is 66.7 Å². The number of aryl methyl sites for hydroxylation is 1. The zero-order valence-electron chi connectivity index (χ0n) is 20.1. The van der Waals surface area contributed by atoms with Gasteiger partial charge in [0, 0.05) is 18.3 Å². The van der Waals surface area contributed by atoms with Crippen LogP contribution in [0.3, 0.4) is 0 Å². The minimum absolute atomic E-state index is 0.0572. The molecule has 0 unspecified atom stereocenters. The third kappa shape index (κ3) is 4.15. The summed E-state index contributed by atoms with van der Waals surface area (Å²) >= 11 is 0. The molecule has 2 aromatic carbocycles. The van der Waals surface area contributed by atoms with Crippen molar-refractivity contribution >= 4 is 11.8 Å². The van der Waals surface area contributed by atoms with Crippen LogP contribution in [0, 0.1) is 6.92 Å². The lowest BCUT2D eigenvalue weighted by Gasteiger charge is -2.45. The zero-order valence-corrected chi connectivity index (χ0v) is 20.1. The van der Waals surface area contributed by atoms with Crippen molar-refractivity contribution in [2.45, 2.75) is 70.6 Å². The monoisotopic (exact) mass is 455 g/mol. The lowest BCUT2D eigenvalue weighted by molar-refractivity contribution is -0.134. The fourth-order valence-electron chi connectivity index (χ4n) is 5.35. The second-order valence-electron chi connectivity index (χ2n) is 10.0. The molecule has 1 saturated carbocycles. The van der Waals surface area contributed by atoms with Gasteiger partial charge in [-0.1, -0.05) is 79.4 Å². The Hall–Kier alpha value is -3.34. The first-order valence-corrected chi connectivity index (χ1v) is 12.4. The summed E-state index contributed by atoms with van der Waals surface area (Å²) in [6.07, 6.45) is 5.55. The number of carbonyl (C=O) groups is 2. The molecule has 34 heavy (non-hydrogen) atoms. The molecular weight excluding hydrogens is 422 g/mol. The second-order valence-corrected chi connectivity index (χ2v) is 10.0. The summed E-state index contributed by atoms with van der Waals surface area (Å²) in [4.78, 5) is 29.5. The number of aromatic nitrogens is 1. The fourth-order valence-corrected chi connectivity index (χ4v) is 5.35. The van der Waals surface area contributed by atoms with Crippen molar-refractivity contribution in [1.82, 2.24) is 14.8 Å². The van der Waals surface area contributed by atoms with Crippen molar-refractivity contribution in [3.8, 4) is 11.3 Å². The van der Waals surface area contributed by atoms with Crippen molar-refractivity contribution in [3.63, 3.8) is 0 Å². The molecule has 0 bridgehead atoms. The molecule has 0 radical (unpaired) electrons. The van der Waals surface area contributed by atoms with Gasteiger partial charge in [0.05, 0.1) is 6.54 Å². The average molecular weight is 456 g/mol. The summed E-state index contributed by atoms with van der Waals surface area (Å²) in [6, 6.07) is 22.4. The molecule has 1 atom stereocenters. The molecule has 1 N–H and O–H groups in total. The minimum atomic E-state index is -0.991.